The Bertz CT molecular complexity index is 1020. The van der Waals surface area contributed by atoms with Gasteiger partial charge in [0.15, 0.2) is 0 Å². The maximum absolute atomic E-state index is 12.4. The van der Waals surface area contributed by atoms with Crippen molar-refractivity contribution in [3.8, 4) is 16.3 Å². The van der Waals surface area contributed by atoms with E-state index in [1.807, 2.05) is 67.6 Å². The summed E-state index contributed by atoms with van der Waals surface area (Å²) in [5, 5.41) is 0.857. The molecule has 0 spiro atoms. The molecule has 1 heterocycles. The minimum absolute atomic E-state index is 0.367. The highest BCUT2D eigenvalue weighted by atomic mass is 32.1. The van der Waals surface area contributed by atoms with Crippen molar-refractivity contribution in [2.24, 2.45) is 0 Å². The first-order chi connectivity index (χ1) is 12.2. The van der Waals surface area contributed by atoms with E-state index in [9.17, 15) is 4.79 Å². The van der Waals surface area contributed by atoms with Gasteiger partial charge < -0.3 is 4.74 Å². The van der Waals surface area contributed by atoms with E-state index < -0.39 is 0 Å². The van der Waals surface area contributed by atoms with E-state index in [1.165, 1.54) is 0 Å². The molecule has 3 nitrogen and oxygen atoms in total. The molecule has 0 fully saturated rings. The molecule has 0 saturated heterocycles. The molecule has 1 aromatic heterocycles. The number of benzene rings is 3. The molecule has 0 unspecified atom stereocenters. The number of rotatable bonds is 3. The first-order valence-electron chi connectivity index (χ1n) is 7.95. The molecule has 0 aliphatic carbocycles. The molecule has 4 rings (SSSR count). The number of nitrogens with zero attached hydrogens (tertiary/aromatic N) is 1. The van der Waals surface area contributed by atoms with Gasteiger partial charge >= 0.3 is 5.97 Å². The summed E-state index contributed by atoms with van der Waals surface area (Å²) in [6.45, 7) is 2.00. The summed E-state index contributed by atoms with van der Waals surface area (Å²) >= 11 is 1.60. The Morgan fingerprint density at radius 1 is 0.920 bits per heavy atom. The second-order valence-corrected chi connectivity index (χ2v) is 6.72. The molecule has 122 valence electrons. The summed E-state index contributed by atoms with van der Waals surface area (Å²) in [6, 6.07) is 22.7. The predicted octanol–water partition coefficient (Wildman–Crippen LogP) is 5.49. The lowest BCUT2D eigenvalue weighted by Crippen LogP contribution is -2.09. The van der Waals surface area contributed by atoms with Crippen molar-refractivity contribution in [3.63, 3.8) is 0 Å². The van der Waals surface area contributed by atoms with Crippen LogP contribution in [0.3, 0.4) is 0 Å². The van der Waals surface area contributed by atoms with Gasteiger partial charge in [-0.05, 0) is 42.8 Å². The lowest BCUT2D eigenvalue weighted by Gasteiger charge is -2.10. The number of aromatic nitrogens is 1. The SMILES string of the molecule is Cc1cccc(OC(=O)c2ccccc2)c1-c1nc2ccccc2s1. The van der Waals surface area contributed by atoms with Crippen molar-refractivity contribution in [1.82, 2.24) is 4.98 Å². The summed E-state index contributed by atoms with van der Waals surface area (Å²) in [4.78, 5) is 17.2. The van der Waals surface area contributed by atoms with Crippen molar-refractivity contribution < 1.29 is 9.53 Å². The third-order valence-corrected chi connectivity index (χ3v) is 5.01. The van der Waals surface area contributed by atoms with Gasteiger partial charge in [0.05, 0.1) is 21.3 Å². The van der Waals surface area contributed by atoms with Gasteiger partial charge in [-0.2, -0.15) is 0 Å². The normalized spacial score (nSPS) is 10.8. The number of carbonyl (C=O) groups excluding carboxylic acids is 1. The van der Waals surface area contributed by atoms with E-state index in [0.29, 0.717) is 11.3 Å². The van der Waals surface area contributed by atoms with Gasteiger partial charge in [-0.15, -0.1) is 11.3 Å². The highest BCUT2D eigenvalue weighted by Crippen LogP contribution is 2.38. The van der Waals surface area contributed by atoms with Crippen LogP contribution < -0.4 is 4.74 Å². The molecule has 0 aliphatic heterocycles. The molecule has 0 atom stereocenters. The van der Waals surface area contributed by atoms with Crippen LogP contribution >= 0.6 is 11.3 Å². The molecule has 4 heteroatoms. The Labute approximate surface area is 149 Å². The summed E-state index contributed by atoms with van der Waals surface area (Å²) in [5.41, 5.74) is 3.37. The third-order valence-electron chi connectivity index (χ3n) is 3.95. The zero-order valence-electron chi connectivity index (χ0n) is 13.6. The fourth-order valence-corrected chi connectivity index (χ4v) is 3.79. The fraction of sp³-hybridized carbons (Fsp3) is 0.0476. The van der Waals surface area contributed by atoms with E-state index in [2.05, 4.69) is 0 Å². The van der Waals surface area contributed by atoms with Gasteiger partial charge in [0.2, 0.25) is 0 Å². The maximum Gasteiger partial charge on any atom is 0.343 e. The summed E-state index contributed by atoms with van der Waals surface area (Å²) in [6.07, 6.45) is 0. The van der Waals surface area contributed by atoms with Crippen LogP contribution in [0.25, 0.3) is 20.8 Å². The van der Waals surface area contributed by atoms with Crippen molar-refractivity contribution in [2.75, 3.05) is 0 Å². The zero-order chi connectivity index (χ0) is 17.2. The van der Waals surface area contributed by atoms with Gasteiger partial charge in [0.1, 0.15) is 10.8 Å². The molecule has 0 saturated carbocycles. The van der Waals surface area contributed by atoms with Crippen LogP contribution in [-0.4, -0.2) is 11.0 Å². The molecule has 4 aromatic rings. The van der Waals surface area contributed by atoms with Crippen LogP contribution in [0, 0.1) is 6.92 Å². The molecule has 0 N–H and O–H groups in total. The van der Waals surface area contributed by atoms with Gasteiger partial charge in [0, 0.05) is 0 Å². The Kier molecular flexibility index (Phi) is 4.04. The van der Waals surface area contributed by atoms with Crippen molar-refractivity contribution in [2.45, 2.75) is 6.92 Å². The van der Waals surface area contributed by atoms with Crippen LogP contribution in [0.2, 0.25) is 0 Å². The number of thiazole rings is 1. The van der Waals surface area contributed by atoms with Gasteiger partial charge in [-0.1, -0.05) is 42.5 Å². The van der Waals surface area contributed by atoms with E-state index in [0.717, 1.165) is 26.4 Å². The first kappa shape index (κ1) is 15.5. The highest BCUT2D eigenvalue weighted by Gasteiger charge is 2.17. The van der Waals surface area contributed by atoms with Gasteiger partial charge in [-0.25, -0.2) is 9.78 Å². The number of esters is 1. The number of para-hydroxylation sites is 1. The topological polar surface area (TPSA) is 39.2 Å². The van der Waals surface area contributed by atoms with Crippen LogP contribution in [-0.2, 0) is 0 Å². The fourth-order valence-electron chi connectivity index (χ4n) is 2.71. The average molecular weight is 345 g/mol. The Morgan fingerprint density at radius 3 is 2.48 bits per heavy atom. The molecule has 3 aromatic carbocycles. The van der Waals surface area contributed by atoms with E-state index in [-0.39, 0.29) is 5.97 Å². The number of hydrogen-bond donors (Lipinski definition) is 0. The number of hydrogen-bond acceptors (Lipinski definition) is 4. The minimum Gasteiger partial charge on any atom is -0.422 e. The Morgan fingerprint density at radius 2 is 1.68 bits per heavy atom. The molecule has 0 bridgehead atoms. The highest BCUT2D eigenvalue weighted by molar-refractivity contribution is 7.21. The monoisotopic (exact) mass is 345 g/mol. The van der Waals surface area contributed by atoms with E-state index in [4.69, 9.17) is 9.72 Å². The molecular formula is C21H15NO2S. The second-order valence-electron chi connectivity index (χ2n) is 5.69. The summed E-state index contributed by atoms with van der Waals surface area (Å²) in [5.74, 6) is 0.168. The average Bonchev–Trinajstić information content (AvgIpc) is 3.06. The summed E-state index contributed by atoms with van der Waals surface area (Å²) < 4.78 is 6.80. The standard InChI is InChI=1S/C21H15NO2S/c1-14-8-7-12-17(24-21(23)15-9-3-2-4-10-15)19(14)20-22-16-11-5-6-13-18(16)25-20/h2-13H,1H3. The third kappa shape index (κ3) is 3.04. The first-order valence-corrected chi connectivity index (χ1v) is 8.77. The molecule has 25 heavy (non-hydrogen) atoms. The van der Waals surface area contributed by atoms with Gasteiger partial charge in [0.25, 0.3) is 0 Å². The van der Waals surface area contributed by atoms with E-state index in [1.54, 1.807) is 23.5 Å². The van der Waals surface area contributed by atoms with Crippen molar-refractivity contribution >= 4 is 27.5 Å². The van der Waals surface area contributed by atoms with Crippen molar-refractivity contribution in [3.05, 3.63) is 83.9 Å². The molecule has 0 aliphatic rings. The number of ether oxygens (including phenoxy) is 1. The van der Waals surface area contributed by atoms with Crippen molar-refractivity contribution in [1.29, 1.82) is 0 Å². The lowest BCUT2D eigenvalue weighted by molar-refractivity contribution is 0.0735. The van der Waals surface area contributed by atoms with Crippen LogP contribution in [0.5, 0.6) is 5.75 Å². The van der Waals surface area contributed by atoms with E-state index >= 15 is 0 Å². The molecule has 0 radical (unpaired) electrons. The summed E-state index contributed by atoms with van der Waals surface area (Å²) in [7, 11) is 0. The lowest BCUT2D eigenvalue weighted by atomic mass is 10.1. The Hall–Kier alpha value is -2.98. The maximum atomic E-state index is 12.4. The second kappa shape index (κ2) is 6.49. The van der Waals surface area contributed by atoms with Crippen LogP contribution in [0.4, 0.5) is 0 Å². The zero-order valence-corrected chi connectivity index (χ0v) is 14.4. The molecule has 0 amide bonds. The van der Waals surface area contributed by atoms with Crippen LogP contribution in [0.15, 0.2) is 72.8 Å². The van der Waals surface area contributed by atoms with Crippen LogP contribution in [0.1, 0.15) is 15.9 Å². The largest absolute Gasteiger partial charge is 0.422 e. The number of carbonyl (C=O) groups is 1. The number of aryl methyl sites for hydroxylation is 1. The van der Waals surface area contributed by atoms with Gasteiger partial charge in [-0.3, -0.25) is 0 Å². The smallest absolute Gasteiger partial charge is 0.343 e. The molecular weight excluding hydrogens is 330 g/mol. The minimum atomic E-state index is -0.367. The predicted molar refractivity (Wildman–Crippen MR) is 101 cm³/mol. The number of fused-ring (bicyclic) bond motifs is 1. The quantitative estimate of drug-likeness (QED) is 0.364. The Balaban J connectivity index is 1.77.